The van der Waals surface area contributed by atoms with Gasteiger partial charge in [-0.25, -0.2) is 9.78 Å². The number of benzene rings is 1. The van der Waals surface area contributed by atoms with E-state index in [0.717, 1.165) is 24.2 Å². The highest BCUT2D eigenvalue weighted by Gasteiger charge is 2.57. The number of aliphatic carboxylic acids is 1. The fourth-order valence-corrected chi connectivity index (χ4v) is 4.89. The first-order chi connectivity index (χ1) is 20.1. The normalized spacial score (nSPS) is 17.7. The number of oxime groups is 1. The van der Waals surface area contributed by atoms with Gasteiger partial charge in [0.15, 0.2) is 16.6 Å². The van der Waals surface area contributed by atoms with Gasteiger partial charge in [-0.15, -0.1) is 15.6 Å². The van der Waals surface area contributed by atoms with Gasteiger partial charge in [-0.2, -0.15) is 13.5 Å². The van der Waals surface area contributed by atoms with Gasteiger partial charge >= 0.3 is 16.4 Å². The highest BCUT2D eigenvalue weighted by Crippen LogP contribution is 2.40. The Morgan fingerprint density at radius 1 is 1.26 bits per heavy atom. The molecule has 0 spiro atoms. The molecule has 2 aromatic rings. The largest absolute Gasteiger partial charge is 0.489 e. The Morgan fingerprint density at radius 3 is 2.47 bits per heavy atom. The van der Waals surface area contributed by atoms with Crippen molar-refractivity contribution in [2.75, 3.05) is 18.9 Å². The van der Waals surface area contributed by atoms with Gasteiger partial charge in [0.05, 0.1) is 11.5 Å². The number of carboxylic acid groups (broad SMARTS) is 1. The number of unbranched alkanes of at least 4 members (excludes halogenated alkanes) is 1. The molecule has 0 bridgehead atoms. The van der Waals surface area contributed by atoms with Gasteiger partial charge in [0.25, 0.3) is 12.0 Å². The zero-order chi connectivity index (χ0) is 31.9. The number of amides is 1. The van der Waals surface area contributed by atoms with Gasteiger partial charge in [-0.3, -0.25) is 19.1 Å². The smallest absolute Gasteiger partial charge is 0.418 e. The number of ether oxygens (including phenoxy) is 1. The van der Waals surface area contributed by atoms with Gasteiger partial charge < -0.3 is 26.1 Å². The summed E-state index contributed by atoms with van der Waals surface area (Å²) in [6, 6.07) is 6.51. The number of carboxylic acids is 1. The van der Waals surface area contributed by atoms with Crippen LogP contribution in [0.1, 0.15) is 51.3 Å². The van der Waals surface area contributed by atoms with Gasteiger partial charge in [-0.1, -0.05) is 18.5 Å². The number of ketones is 1. The van der Waals surface area contributed by atoms with Gasteiger partial charge in [0, 0.05) is 23.9 Å². The molecule has 0 radical (unpaired) electrons. The van der Waals surface area contributed by atoms with Crippen LogP contribution in [0.25, 0.3) is 0 Å². The van der Waals surface area contributed by atoms with Crippen molar-refractivity contribution in [1.82, 2.24) is 10.0 Å². The highest BCUT2D eigenvalue weighted by molar-refractivity contribution is 7.80. The van der Waals surface area contributed by atoms with Crippen molar-refractivity contribution in [3.05, 3.63) is 40.9 Å². The SMILES string of the molecule is CCCCN=C(N)c1ccc(OC[C@H](O/N=C(\C(=O)C[C@@H]2C(=O)N(OS(=O)(=O)O)C2(C)C)c2csc(N)n2)C(=O)O)cc1. The number of β-lactam (4-membered cyclic amide) rings is 1. The number of carbonyl (C=O) groups is 3. The van der Waals surface area contributed by atoms with Crippen molar-refractivity contribution < 1.29 is 46.3 Å². The molecule has 1 fully saturated rings. The molecular weight excluding hydrogens is 608 g/mol. The van der Waals surface area contributed by atoms with Crippen molar-refractivity contribution >= 4 is 56.1 Å². The minimum atomic E-state index is -4.98. The van der Waals surface area contributed by atoms with E-state index in [4.69, 9.17) is 25.6 Å². The van der Waals surface area contributed by atoms with Crippen LogP contribution >= 0.6 is 11.3 Å². The van der Waals surface area contributed by atoms with E-state index in [-0.39, 0.29) is 10.8 Å². The second-order valence-electron chi connectivity index (χ2n) is 9.87. The first kappa shape index (κ1) is 33.4. The lowest BCUT2D eigenvalue weighted by Crippen LogP contribution is -2.68. The number of aromatic nitrogens is 1. The Labute approximate surface area is 251 Å². The number of aliphatic imine (C=N–C) groups is 1. The summed E-state index contributed by atoms with van der Waals surface area (Å²) in [7, 11) is -4.98. The van der Waals surface area contributed by atoms with Gasteiger partial charge in [0.1, 0.15) is 23.9 Å². The Kier molecular flexibility index (Phi) is 10.8. The van der Waals surface area contributed by atoms with Crippen LogP contribution in [0.15, 0.2) is 39.8 Å². The van der Waals surface area contributed by atoms with Crippen LogP contribution in [-0.2, 0) is 33.9 Å². The third kappa shape index (κ3) is 8.69. The molecule has 6 N–H and O–H groups in total. The Bertz CT molecular complexity index is 1500. The predicted molar refractivity (Wildman–Crippen MR) is 155 cm³/mol. The summed E-state index contributed by atoms with van der Waals surface area (Å²) < 4.78 is 40.9. The van der Waals surface area contributed by atoms with E-state index < -0.39 is 64.4 Å². The molecule has 2 heterocycles. The molecule has 234 valence electrons. The number of Topliss-reactive ketones (excluding diaryl/α,β-unsaturated/α-hetero) is 1. The number of hydroxylamine groups is 2. The maximum Gasteiger partial charge on any atom is 0.418 e. The molecule has 1 aliphatic heterocycles. The second-order valence-corrected chi connectivity index (χ2v) is 11.8. The minimum absolute atomic E-state index is 0.0260. The molecule has 1 saturated heterocycles. The lowest BCUT2D eigenvalue weighted by molar-refractivity contribution is -0.228. The standard InChI is InChI=1S/C25H32N6O10S2/c1-4-5-10-28-21(26)14-6-8-15(9-7-14)39-12-19(23(34)35)40-30-20(17-13-42-24(27)29-17)18(32)11-16-22(33)31(25(16,2)3)41-43(36,37)38/h6-9,13,16,19H,4-5,10-12H2,1-3H3,(H2,26,28)(H2,27,29)(H,34,35)(H,36,37,38)/b30-20-/t16-,19+/m1/s1. The molecule has 1 amide bonds. The maximum atomic E-state index is 13.2. The number of nitrogen functional groups attached to an aromatic ring is 1. The van der Waals surface area contributed by atoms with E-state index >= 15 is 0 Å². The number of thiazole rings is 1. The zero-order valence-electron chi connectivity index (χ0n) is 23.5. The monoisotopic (exact) mass is 640 g/mol. The summed E-state index contributed by atoms with van der Waals surface area (Å²) in [5, 5.41) is 15.3. The summed E-state index contributed by atoms with van der Waals surface area (Å²) >= 11 is 0.982. The molecule has 1 aromatic heterocycles. The maximum absolute atomic E-state index is 13.2. The first-order valence-electron chi connectivity index (χ1n) is 12.9. The van der Waals surface area contributed by atoms with Crippen molar-refractivity contribution in [3.8, 4) is 5.75 Å². The highest BCUT2D eigenvalue weighted by atomic mass is 32.3. The third-order valence-electron chi connectivity index (χ3n) is 6.35. The van der Waals surface area contributed by atoms with E-state index in [1.54, 1.807) is 24.3 Å². The van der Waals surface area contributed by atoms with Crippen LogP contribution in [0.3, 0.4) is 0 Å². The topological polar surface area (TPSA) is 246 Å². The van der Waals surface area contributed by atoms with E-state index in [0.29, 0.717) is 28.8 Å². The number of nitrogens with two attached hydrogens (primary N) is 2. The molecule has 1 aliphatic rings. The van der Waals surface area contributed by atoms with E-state index in [1.165, 1.54) is 19.2 Å². The molecule has 1 aromatic carbocycles. The molecule has 43 heavy (non-hydrogen) atoms. The van der Waals surface area contributed by atoms with E-state index in [2.05, 4.69) is 19.4 Å². The van der Waals surface area contributed by atoms with Crippen molar-refractivity contribution in [2.24, 2.45) is 21.8 Å². The summed E-state index contributed by atoms with van der Waals surface area (Å²) in [5.41, 5.74) is 10.6. The molecule has 16 nitrogen and oxygen atoms in total. The lowest BCUT2D eigenvalue weighted by Gasteiger charge is -2.50. The summed E-state index contributed by atoms with van der Waals surface area (Å²) in [6.07, 6.45) is -0.257. The van der Waals surface area contributed by atoms with Crippen LogP contribution < -0.4 is 16.2 Å². The van der Waals surface area contributed by atoms with Crippen molar-refractivity contribution in [2.45, 2.75) is 51.7 Å². The quantitative estimate of drug-likeness (QED) is 0.0507. The molecule has 3 rings (SSSR count). The van der Waals surface area contributed by atoms with Crippen LogP contribution in [0.4, 0.5) is 5.13 Å². The predicted octanol–water partition coefficient (Wildman–Crippen LogP) is 1.41. The Morgan fingerprint density at radius 2 is 1.93 bits per heavy atom. The van der Waals surface area contributed by atoms with Gasteiger partial charge in [0.2, 0.25) is 0 Å². The second kappa shape index (κ2) is 13.9. The Hall–Kier alpha value is -4.13. The molecule has 0 saturated carbocycles. The van der Waals surface area contributed by atoms with Crippen molar-refractivity contribution in [3.63, 3.8) is 0 Å². The summed E-state index contributed by atoms with van der Waals surface area (Å²) in [5.74, 6) is -3.49. The molecule has 2 atom stereocenters. The average molecular weight is 641 g/mol. The Balaban J connectivity index is 1.72. The fraction of sp³-hybridized carbons (Fsp3) is 0.440. The number of nitrogens with zero attached hydrogens (tertiary/aromatic N) is 4. The van der Waals surface area contributed by atoms with Crippen LogP contribution in [0.5, 0.6) is 5.75 Å². The van der Waals surface area contributed by atoms with Crippen LogP contribution in [-0.4, -0.2) is 82.1 Å². The fourth-order valence-electron chi connectivity index (χ4n) is 3.89. The third-order valence-corrected chi connectivity index (χ3v) is 7.36. The van der Waals surface area contributed by atoms with E-state index in [9.17, 15) is 27.9 Å². The van der Waals surface area contributed by atoms with Crippen molar-refractivity contribution in [1.29, 1.82) is 0 Å². The summed E-state index contributed by atoms with van der Waals surface area (Å²) in [6.45, 7) is 5.00. The molecular formula is C25H32N6O10S2. The first-order valence-corrected chi connectivity index (χ1v) is 15.1. The van der Waals surface area contributed by atoms with E-state index in [1.807, 2.05) is 6.92 Å². The minimum Gasteiger partial charge on any atom is -0.489 e. The van der Waals surface area contributed by atoms with Crippen LogP contribution in [0.2, 0.25) is 0 Å². The molecule has 0 aliphatic carbocycles. The number of carbonyl (C=O) groups excluding carboxylic acids is 2. The van der Waals surface area contributed by atoms with Crippen LogP contribution in [0, 0.1) is 5.92 Å². The number of hydrogen-bond acceptors (Lipinski definition) is 13. The number of anilines is 1. The average Bonchev–Trinajstić information content (AvgIpc) is 3.37. The number of hydrogen-bond donors (Lipinski definition) is 4. The molecule has 0 unspecified atom stereocenters. The van der Waals surface area contributed by atoms with Gasteiger partial charge in [-0.05, 0) is 44.5 Å². The summed E-state index contributed by atoms with van der Waals surface area (Å²) in [4.78, 5) is 51.1. The number of amidine groups is 1. The number of rotatable bonds is 16. The lowest BCUT2D eigenvalue weighted by atomic mass is 9.74. The zero-order valence-corrected chi connectivity index (χ0v) is 25.1. The molecule has 18 heteroatoms.